The van der Waals surface area contributed by atoms with Crippen molar-refractivity contribution in [2.45, 2.75) is 207 Å². The molecule has 2 unspecified atom stereocenters. The second-order valence-electron chi connectivity index (χ2n) is 13.3. The summed E-state index contributed by atoms with van der Waals surface area (Å²) >= 11 is 0. The number of allylic oxidation sites excluding steroid dienone is 2. The Bertz CT molecular complexity index is 803. The zero-order valence-corrected chi connectivity index (χ0v) is 32.3. The van der Waals surface area contributed by atoms with E-state index < -0.39 is 19.9 Å². The fourth-order valence-electron chi connectivity index (χ4n) is 5.62. The van der Waals surface area contributed by atoms with Crippen LogP contribution >= 0.6 is 7.82 Å². The van der Waals surface area contributed by atoms with E-state index in [1.165, 1.54) is 116 Å². The maximum absolute atomic E-state index is 12.5. The van der Waals surface area contributed by atoms with Crippen LogP contribution in [0.1, 0.15) is 201 Å². The third kappa shape index (κ3) is 34.6. The van der Waals surface area contributed by atoms with Crippen LogP contribution in [0.3, 0.4) is 0 Å². The number of phosphoric ester groups is 1. The summed E-state index contributed by atoms with van der Waals surface area (Å²) in [6, 6.07) is 0. The molecule has 0 saturated carbocycles. The number of hydrogen-bond donors (Lipinski definition) is 1. The minimum absolute atomic E-state index is 0.00246. The highest BCUT2D eigenvalue weighted by atomic mass is 31.2. The normalized spacial score (nSPS) is 13.5. The molecule has 0 aliphatic heterocycles. The number of unbranched alkanes of at least 4 members (excludes halogenated alkanes) is 23. The van der Waals surface area contributed by atoms with Gasteiger partial charge in [0.2, 0.25) is 0 Å². The average Bonchev–Trinajstić information content (AvgIpc) is 3.06. The van der Waals surface area contributed by atoms with Gasteiger partial charge in [-0.2, -0.15) is 0 Å². The van der Waals surface area contributed by atoms with E-state index in [0.717, 1.165) is 44.9 Å². The summed E-state index contributed by atoms with van der Waals surface area (Å²) in [7, 11) is -4.27. The maximum Gasteiger partial charge on any atom is 0.472 e. The first-order valence-electron chi connectivity index (χ1n) is 20.0. The number of esters is 2. The molecule has 0 amide bonds. The molecule has 1 N–H and O–H groups in total. The van der Waals surface area contributed by atoms with Crippen molar-refractivity contribution in [1.82, 2.24) is 0 Å². The molecule has 0 aliphatic rings. The highest BCUT2D eigenvalue weighted by molar-refractivity contribution is 7.47. The van der Waals surface area contributed by atoms with Gasteiger partial charge in [0.15, 0.2) is 6.10 Å². The van der Waals surface area contributed by atoms with Crippen molar-refractivity contribution < 1.29 is 37.6 Å². The van der Waals surface area contributed by atoms with Gasteiger partial charge >= 0.3 is 19.8 Å². The number of rotatable bonds is 37. The zero-order valence-electron chi connectivity index (χ0n) is 31.4. The molecule has 0 aromatic carbocycles. The van der Waals surface area contributed by atoms with Crippen LogP contribution in [0.15, 0.2) is 12.2 Å². The maximum atomic E-state index is 12.5. The van der Waals surface area contributed by atoms with Crippen molar-refractivity contribution in [3.63, 3.8) is 0 Å². The Balaban J connectivity index is 4.08. The van der Waals surface area contributed by atoms with Crippen molar-refractivity contribution in [3.05, 3.63) is 12.2 Å². The third-order valence-electron chi connectivity index (χ3n) is 8.57. The minimum Gasteiger partial charge on any atom is -0.462 e. The van der Waals surface area contributed by atoms with E-state index in [4.69, 9.17) is 18.5 Å². The van der Waals surface area contributed by atoms with Crippen LogP contribution in [0, 0.1) is 0 Å². The molecule has 0 bridgehead atoms. The standard InChI is InChI=1S/C39H75O8P/c1-4-7-9-11-13-15-17-18-19-20-21-22-23-24-26-28-30-32-34-39(41)47-37(36-46-48(42,43)45-6-3)35-44-38(40)33-31-29-27-25-16-14-12-10-8-5-2/h19-20,37H,4-18,21-36H2,1-3H3,(H,42,43)/b20-19-. The average molecular weight is 703 g/mol. The third-order valence-corrected chi connectivity index (χ3v) is 9.63. The van der Waals surface area contributed by atoms with Gasteiger partial charge in [-0.25, -0.2) is 4.57 Å². The highest BCUT2D eigenvalue weighted by Crippen LogP contribution is 2.43. The Morgan fingerprint density at radius 3 is 1.38 bits per heavy atom. The second kappa shape index (κ2) is 35.6. The van der Waals surface area contributed by atoms with Crippen molar-refractivity contribution >= 4 is 19.8 Å². The number of ether oxygens (including phenoxy) is 2. The van der Waals surface area contributed by atoms with Gasteiger partial charge in [-0.3, -0.25) is 18.6 Å². The molecule has 0 rings (SSSR count). The lowest BCUT2D eigenvalue weighted by molar-refractivity contribution is -0.161. The van der Waals surface area contributed by atoms with E-state index in [0.29, 0.717) is 12.8 Å². The molecular formula is C39H75O8P. The van der Waals surface area contributed by atoms with Crippen molar-refractivity contribution in [1.29, 1.82) is 0 Å². The number of phosphoric acid groups is 1. The van der Waals surface area contributed by atoms with Crippen molar-refractivity contribution in [2.75, 3.05) is 19.8 Å². The van der Waals surface area contributed by atoms with Crippen LogP contribution in [0.4, 0.5) is 0 Å². The summed E-state index contributed by atoms with van der Waals surface area (Å²) in [4.78, 5) is 34.6. The fourth-order valence-corrected chi connectivity index (χ4v) is 6.38. The van der Waals surface area contributed by atoms with Gasteiger partial charge in [0, 0.05) is 12.8 Å². The van der Waals surface area contributed by atoms with E-state index in [1.807, 2.05) is 0 Å². The van der Waals surface area contributed by atoms with Gasteiger partial charge in [0.1, 0.15) is 6.61 Å². The van der Waals surface area contributed by atoms with E-state index in [9.17, 15) is 19.0 Å². The molecular weight excluding hydrogens is 627 g/mol. The molecule has 0 heterocycles. The largest absolute Gasteiger partial charge is 0.472 e. The fraction of sp³-hybridized carbons (Fsp3) is 0.897. The molecule has 48 heavy (non-hydrogen) atoms. The van der Waals surface area contributed by atoms with Gasteiger partial charge in [-0.05, 0) is 45.4 Å². The van der Waals surface area contributed by atoms with Gasteiger partial charge in [-0.15, -0.1) is 0 Å². The van der Waals surface area contributed by atoms with Gasteiger partial charge in [0.25, 0.3) is 0 Å². The second-order valence-corrected chi connectivity index (χ2v) is 14.8. The molecule has 0 saturated heterocycles. The molecule has 0 aliphatic carbocycles. The minimum atomic E-state index is -4.27. The first kappa shape index (κ1) is 46.8. The summed E-state index contributed by atoms with van der Waals surface area (Å²) in [6.45, 7) is 5.46. The highest BCUT2D eigenvalue weighted by Gasteiger charge is 2.25. The lowest BCUT2D eigenvalue weighted by atomic mass is 10.1. The summed E-state index contributed by atoms with van der Waals surface area (Å²) in [6.07, 6.45) is 35.5. The predicted molar refractivity (Wildman–Crippen MR) is 198 cm³/mol. The molecule has 284 valence electrons. The molecule has 0 aromatic rings. The smallest absolute Gasteiger partial charge is 0.462 e. The topological polar surface area (TPSA) is 108 Å². The molecule has 0 spiro atoms. The lowest BCUT2D eigenvalue weighted by Crippen LogP contribution is -2.29. The molecule has 8 nitrogen and oxygen atoms in total. The lowest BCUT2D eigenvalue weighted by Gasteiger charge is -2.19. The van der Waals surface area contributed by atoms with Crippen molar-refractivity contribution in [3.8, 4) is 0 Å². The first-order chi connectivity index (χ1) is 23.3. The molecule has 0 fully saturated rings. The molecule has 9 heteroatoms. The van der Waals surface area contributed by atoms with Gasteiger partial charge in [0.05, 0.1) is 13.2 Å². The van der Waals surface area contributed by atoms with Gasteiger partial charge in [-0.1, -0.05) is 154 Å². The van der Waals surface area contributed by atoms with E-state index in [-0.39, 0.29) is 32.2 Å². The predicted octanol–water partition coefficient (Wildman–Crippen LogP) is 12.1. The number of carbonyl (C=O) groups excluding carboxylic acids is 2. The molecule has 0 aromatic heterocycles. The summed E-state index contributed by atoms with van der Waals surface area (Å²) in [5.74, 6) is -0.797. The molecule has 0 radical (unpaired) electrons. The van der Waals surface area contributed by atoms with Crippen LogP contribution in [0.2, 0.25) is 0 Å². The van der Waals surface area contributed by atoms with E-state index in [2.05, 4.69) is 26.0 Å². The quantitative estimate of drug-likeness (QED) is 0.0295. The first-order valence-corrected chi connectivity index (χ1v) is 21.5. The summed E-state index contributed by atoms with van der Waals surface area (Å²) in [5, 5.41) is 0. The Morgan fingerprint density at radius 2 is 0.938 bits per heavy atom. The van der Waals surface area contributed by atoms with Crippen LogP contribution < -0.4 is 0 Å². The summed E-state index contributed by atoms with van der Waals surface area (Å²) in [5.41, 5.74) is 0. The summed E-state index contributed by atoms with van der Waals surface area (Å²) < 4.78 is 32.5. The van der Waals surface area contributed by atoms with Crippen LogP contribution in [-0.2, 0) is 32.7 Å². The number of hydrogen-bond acceptors (Lipinski definition) is 7. The van der Waals surface area contributed by atoms with Crippen LogP contribution in [0.5, 0.6) is 0 Å². The number of carbonyl (C=O) groups is 2. The SMILES string of the molecule is CCCCCCCCC/C=C\CCCCCCCCCC(=O)OC(COC(=O)CCCCCCCCCCCC)COP(=O)(O)OCC. The van der Waals surface area contributed by atoms with Crippen LogP contribution in [0.25, 0.3) is 0 Å². The van der Waals surface area contributed by atoms with E-state index in [1.54, 1.807) is 6.92 Å². The Kier molecular flexibility index (Phi) is 34.7. The monoisotopic (exact) mass is 703 g/mol. The van der Waals surface area contributed by atoms with Gasteiger partial charge < -0.3 is 14.4 Å². The van der Waals surface area contributed by atoms with Crippen LogP contribution in [-0.4, -0.2) is 42.8 Å². The zero-order chi connectivity index (χ0) is 35.4. The van der Waals surface area contributed by atoms with Crippen molar-refractivity contribution in [2.24, 2.45) is 0 Å². The Labute approximate surface area is 295 Å². The Morgan fingerprint density at radius 1 is 0.542 bits per heavy atom. The molecule has 2 atom stereocenters. The Hall–Kier alpha value is -1.21. The van der Waals surface area contributed by atoms with E-state index >= 15 is 0 Å².